The van der Waals surface area contributed by atoms with E-state index in [1.54, 1.807) is 0 Å². The lowest BCUT2D eigenvalue weighted by Crippen LogP contribution is -2.50. The number of aryl methyl sites for hydroxylation is 1. The highest BCUT2D eigenvalue weighted by molar-refractivity contribution is 5.94. The average Bonchev–Trinajstić information content (AvgIpc) is 3.26. The van der Waals surface area contributed by atoms with Gasteiger partial charge in [0.05, 0.1) is 17.6 Å². The Hall–Kier alpha value is -3.15. The van der Waals surface area contributed by atoms with Gasteiger partial charge < -0.3 is 14.8 Å². The number of para-hydroxylation sites is 2. The Morgan fingerprint density at radius 3 is 2.25 bits per heavy atom. The van der Waals surface area contributed by atoms with Crippen molar-refractivity contribution >= 4 is 22.8 Å². The first-order valence-corrected chi connectivity index (χ1v) is 13.7. The van der Waals surface area contributed by atoms with Crippen molar-refractivity contribution in [1.29, 1.82) is 0 Å². The normalized spacial score (nSPS) is 17.2. The van der Waals surface area contributed by atoms with Crippen LogP contribution in [0.5, 0.6) is 0 Å². The highest BCUT2D eigenvalue weighted by Crippen LogP contribution is 2.31. The molecule has 2 fully saturated rings. The molecule has 1 aromatic heterocycles. The second-order valence-corrected chi connectivity index (χ2v) is 10.5. The van der Waals surface area contributed by atoms with E-state index < -0.39 is 0 Å². The van der Waals surface area contributed by atoms with Crippen LogP contribution in [0.25, 0.3) is 11.0 Å². The number of carbonyl (C=O) groups excluding carboxylic acids is 2. The zero-order valence-corrected chi connectivity index (χ0v) is 21.4. The summed E-state index contributed by atoms with van der Waals surface area (Å²) in [6.45, 7) is 2.52. The lowest BCUT2D eigenvalue weighted by molar-refractivity contribution is -0.138. The number of aromatic nitrogens is 2. The number of nitrogens with one attached hydrogen (secondary N) is 1. The lowest BCUT2D eigenvalue weighted by Gasteiger charge is -2.42. The van der Waals surface area contributed by atoms with E-state index in [2.05, 4.69) is 10.2 Å². The Bertz CT molecular complexity index is 1190. The van der Waals surface area contributed by atoms with Crippen LogP contribution in [-0.4, -0.2) is 38.3 Å². The van der Waals surface area contributed by atoms with E-state index in [1.807, 2.05) is 60.0 Å². The molecule has 0 radical (unpaired) electrons. The molecule has 6 heteroatoms. The maximum Gasteiger partial charge on any atom is 0.251 e. The van der Waals surface area contributed by atoms with Crippen LogP contribution in [0.3, 0.4) is 0 Å². The largest absolute Gasteiger partial charge is 0.345 e. The van der Waals surface area contributed by atoms with Crippen molar-refractivity contribution in [2.45, 2.75) is 96.3 Å². The molecule has 2 aliphatic carbocycles. The van der Waals surface area contributed by atoms with Crippen LogP contribution in [0.2, 0.25) is 0 Å². The van der Waals surface area contributed by atoms with Gasteiger partial charge in [0.15, 0.2) is 0 Å². The number of imidazole rings is 1. The van der Waals surface area contributed by atoms with E-state index in [-0.39, 0.29) is 24.9 Å². The van der Waals surface area contributed by atoms with Gasteiger partial charge in [-0.2, -0.15) is 0 Å². The molecule has 190 valence electrons. The molecule has 2 saturated carbocycles. The van der Waals surface area contributed by atoms with Gasteiger partial charge in [0.1, 0.15) is 12.4 Å². The standard InChI is InChI=1S/C30H38N4O2/c1-22-11-10-12-23(19-22)30(36)31-20-28-32-26-17-8-9-18-27(26)33(28)21-29(35)34(24-13-4-2-5-14-24)25-15-6-3-7-16-25/h8-12,17-19,24-25H,2-7,13-16,20-21H2,1H3,(H,31,36). The van der Waals surface area contributed by atoms with Crippen LogP contribution in [0.1, 0.15) is 86.0 Å². The number of fused-ring (bicyclic) bond motifs is 1. The van der Waals surface area contributed by atoms with E-state index in [0.29, 0.717) is 17.6 Å². The molecule has 1 N–H and O–H groups in total. The summed E-state index contributed by atoms with van der Waals surface area (Å²) in [4.78, 5) is 33.9. The number of rotatable bonds is 7. The molecule has 2 aliphatic rings. The number of hydrogen-bond donors (Lipinski definition) is 1. The van der Waals surface area contributed by atoms with E-state index in [1.165, 1.54) is 38.5 Å². The molecule has 0 bridgehead atoms. The molecule has 36 heavy (non-hydrogen) atoms. The number of nitrogens with zero attached hydrogens (tertiary/aromatic N) is 3. The molecular formula is C30H38N4O2. The zero-order valence-electron chi connectivity index (χ0n) is 21.4. The molecule has 0 unspecified atom stereocenters. The van der Waals surface area contributed by atoms with Crippen molar-refractivity contribution in [1.82, 2.24) is 19.8 Å². The van der Waals surface area contributed by atoms with Crippen molar-refractivity contribution in [3.8, 4) is 0 Å². The molecule has 0 spiro atoms. The van der Waals surface area contributed by atoms with Gasteiger partial charge in [-0.1, -0.05) is 68.4 Å². The van der Waals surface area contributed by atoms with Crippen LogP contribution < -0.4 is 5.32 Å². The van der Waals surface area contributed by atoms with Crippen LogP contribution in [-0.2, 0) is 17.9 Å². The summed E-state index contributed by atoms with van der Waals surface area (Å²) in [6, 6.07) is 16.2. The molecule has 3 aromatic rings. The molecule has 1 heterocycles. The van der Waals surface area contributed by atoms with Gasteiger partial charge in [0, 0.05) is 17.6 Å². The molecule has 0 atom stereocenters. The fraction of sp³-hybridized carbons (Fsp3) is 0.500. The summed E-state index contributed by atoms with van der Waals surface area (Å²) >= 11 is 0. The number of carbonyl (C=O) groups is 2. The third kappa shape index (κ3) is 5.48. The first-order valence-electron chi connectivity index (χ1n) is 13.7. The molecule has 0 saturated heterocycles. The Kier molecular flexibility index (Phi) is 7.69. The number of amides is 2. The third-order valence-electron chi connectivity index (χ3n) is 7.94. The van der Waals surface area contributed by atoms with Gasteiger partial charge in [-0.3, -0.25) is 9.59 Å². The number of benzene rings is 2. The summed E-state index contributed by atoms with van der Waals surface area (Å²) in [6.07, 6.45) is 11.9. The van der Waals surface area contributed by atoms with Crippen LogP contribution in [0.15, 0.2) is 48.5 Å². The van der Waals surface area contributed by atoms with Crippen molar-refractivity contribution < 1.29 is 9.59 Å². The Morgan fingerprint density at radius 2 is 1.58 bits per heavy atom. The summed E-state index contributed by atoms with van der Waals surface area (Å²) in [5.41, 5.74) is 3.48. The van der Waals surface area contributed by atoms with Crippen molar-refractivity contribution in [2.75, 3.05) is 0 Å². The fourth-order valence-electron chi connectivity index (χ4n) is 6.13. The minimum atomic E-state index is -0.130. The van der Waals surface area contributed by atoms with Gasteiger partial charge in [0.25, 0.3) is 5.91 Å². The molecule has 6 nitrogen and oxygen atoms in total. The monoisotopic (exact) mass is 486 g/mol. The first kappa shape index (κ1) is 24.5. The SMILES string of the molecule is Cc1cccc(C(=O)NCc2nc3ccccc3n2CC(=O)N(C2CCCCC2)C2CCCCC2)c1. The van der Waals surface area contributed by atoms with Crippen LogP contribution >= 0.6 is 0 Å². The van der Waals surface area contributed by atoms with Crippen LogP contribution in [0.4, 0.5) is 0 Å². The minimum Gasteiger partial charge on any atom is -0.345 e. The predicted molar refractivity (Wildman–Crippen MR) is 143 cm³/mol. The fourth-order valence-corrected chi connectivity index (χ4v) is 6.13. The van der Waals surface area contributed by atoms with E-state index in [4.69, 9.17) is 4.98 Å². The third-order valence-corrected chi connectivity index (χ3v) is 7.94. The molecule has 0 aliphatic heterocycles. The topological polar surface area (TPSA) is 67.2 Å². The van der Waals surface area contributed by atoms with E-state index >= 15 is 0 Å². The minimum absolute atomic E-state index is 0.130. The Morgan fingerprint density at radius 1 is 0.917 bits per heavy atom. The van der Waals surface area contributed by atoms with Gasteiger partial charge in [-0.15, -0.1) is 0 Å². The van der Waals surface area contributed by atoms with Gasteiger partial charge in [-0.05, 0) is 56.9 Å². The summed E-state index contributed by atoms with van der Waals surface area (Å²) in [5.74, 6) is 0.788. The van der Waals surface area contributed by atoms with Crippen molar-refractivity contribution in [3.05, 3.63) is 65.5 Å². The zero-order chi connectivity index (χ0) is 24.9. The highest BCUT2D eigenvalue weighted by atomic mass is 16.2. The Labute approximate surface area is 214 Å². The van der Waals surface area contributed by atoms with Crippen molar-refractivity contribution in [2.24, 2.45) is 0 Å². The second-order valence-electron chi connectivity index (χ2n) is 10.5. The second kappa shape index (κ2) is 11.3. The molecule has 5 rings (SSSR count). The van der Waals surface area contributed by atoms with Gasteiger partial charge in [-0.25, -0.2) is 4.98 Å². The van der Waals surface area contributed by atoms with E-state index in [9.17, 15) is 9.59 Å². The maximum atomic E-state index is 14.0. The predicted octanol–water partition coefficient (Wildman–Crippen LogP) is 5.77. The Balaban J connectivity index is 1.39. The summed E-state index contributed by atoms with van der Waals surface area (Å²) in [7, 11) is 0. The quantitative estimate of drug-likeness (QED) is 0.461. The van der Waals surface area contributed by atoms with E-state index in [0.717, 1.165) is 48.1 Å². The van der Waals surface area contributed by atoms with Crippen LogP contribution in [0, 0.1) is 6.92 Å². The maximum absolute atomic E-state index is 14.0. The lowest BCUT2D eigenvalue weighted by atomic mass is 9.88. The smallest absolute Gasteiger partial charge is 0.251 e. The van der Waals surface area contributed by atoms with Gasteiger partial charge >= 0.3 is 0 Å². The highest BCUT2D eigenvalue weighted by Gasteiger charge is 2.33. The molecule has 2 aromatic carbocycles. The number of hydrogen-bond acceptors (Lipinski definition) is 3. The average molecular weight is 487 g/mol. The van der Waals surface area contributed by atoms with Gasteiger partial charge in [0.2, 0.25) is 5.91 Å². The molecule has 2 amide bonds. The summed E-state index contributed by atoms with van der Waals surface area (Å²) in [5, 5.41) is 3.03. The first-order chi connectivity index (χ1) is 17.6. The van der Waals surface area contributed by atoms with Crippen molar-refractivity contribution in [3.63, 3.8) is 0 Å². The molecular weight excluding hydrogens is 448 g/mol. The summed E-state index contributed by atoms with van der Waals surface area (Å²) < 4.78 is 2.02.